The number of hydrogen-bond donors (Lipinski definition) is 0. The molecule has 0 saturated heterocycles. The summed E-state index contributed by atoms with van der Waals surface area (Å²) in [6.45, 7) is 3.94. The van der Waals surface area contributed by atoms with Gasteiger partial charge in [0.05, 0.1) is 18.9 Å². The van der Waals surface area contributed by atoms with Crippen LogP contribution in [0.5, 0.6) is 0 Å². The number of hydrogen-bond acceptors (Lipinski definition) is 4. The third-order valence-electron chi connectivity index (χ3n) is 5.14. The van der Waals surface area contributed by atoms with Gasteiger partial charge in [0, 0.05) is 20.2 Å². The fourth-order valence-corrected chi connectivity index (χ4v) is 5.01. The number of aromatic nitrogens is 2. The van der Waals surface area contributed by atoms with Crippen molar-refractivity contribution in [2.45, 2.75) is 20.3 Å². The maximum Gasteiger partial charge on any atom is 0.312 e. The highest BCUT2D eigenvalue weighted by Crippen LogP contribution is 2.39. The van der Waals surface area contributed by atoms with Crippen LogP contribution in [0.25, 0.3) is 36.8 Å². The van der Waals surface area contributed by atoms with Gasteiger partial charge in [-0.3, -0.25) is 4.79 Å². The quantitative estimate of drug-likeness (QED) is 0.278. The van der Waals surface area contributed by atoms with Gasteiger partial charge in [-0.2, -0.15) is 0 Å². The predicted molar refractivity (Wildman–Crippen MR) is 107 cm³/mol. The molecule has 1 aliphatic heterocycles. The van der Waals surface area contributed by atoms with E-state index in [4.69, 9.17) is 4.74 Å². The molecule has 3 heterocycles. The molecule has 0 N–H and O–H groups in total. The maximum atomic E-state index is 12.9. The van der Waals surface area contributed by atoms with Gasteiger partial charge in [0.2, 0.25) is 5.76 Å². The Hall–Kier alpha value is -2.86. The topological polar surface area (TPSA) is 58.2 Å². The van der Waals surface area contributed by atoms with Crippen LogP contribution in [0.15, 0.2) is 42.5 Å². The molecule has 0 radical (unpaired) electrons. The fourth-order valence-electron chi connectivity index (χ4n) is 3.88. The monoisotopic (exact) mass is 378 g/mol. The minimum Gasteiger partial charge on any atom is -0.595 e. The van der Waals surface area contributed by atoms with Crippen LogP contribution in [0.4, 0.5) is 0 Å². The van der Waals surface area contributed by atoms with Gasteiger partial charge in [0.25, 0.3) is 5.69 Å². The molecular formula is C21H18N2O3S. The molecule has 27 heavy (non-hydrogen) atoms. The molecule has 0 bridgehead atoms. The number of aryl methyl sites for hydroxylation is 1. The van der Waals surface area contributed by atoms with Gasteiger partial charge in [-0.25, -0.2) is 0 Å². The number of carbonyl (C=O) groups is 1. The first kappa shape index (κ1) is 16.3. The molecule has 4 aromatic rings. The minimum absolute atomic E-state index is 0.306. The van der Waals surface area contributed by atoms with Crippen LogP contribution in [0, 0.1) is 10.6 Å². The Morgan fingerprint density at radius 1 is 1.15 bits per heavy atom. The van der Waals surface area contributed by atoms with Crippen molar-refractivity contribution in [2.24, 2.45) is 12.5 Å². The average Bonchev–Trinajstić information content (AvgIpc) is 3.07. The number of ether oxygens (including phenoxy) is 1. The molecule has 5 nitrogen and oxygen atoms in total. The Bertz CT molecular complexity index is 1290. The second-order valence-electron chi connectivity index (χ2n) is 7.76. The van der Waals surface area contributed by atoms with Gasteiger partial charge in [0.15, 0.2) is 0 Å². The van der Waals surface area contributed by atoms with E-state index in [0.29, 0.717) is 17.9 Å². The van der Waals surface area contributed by atoms with Crippen molar-refractivity contribution < 1.29 is 14.4 Å². The standard InChI is InChI=1S/C21H18N2O3S/c1-21(2)10-16(26-19(24)11-21)20-14-9-18-13(8-15(14)22(3)23(20)25)12-6-4-5-7-17(12)27-18/h4-10H,11H2,1-3H3. The first-order valence-electron chi connectivity index (χ1n) is 8.81. The number of benzene rings is 2. The average molecular weight is 378 g/mol. The highest BCUT2D eigenvalue weighted by atomic mass is 32.1. The van der Waals surface area contributed by atoms with Gasteiger partial charge in [-0.15, -0.1) is 16.0 Å². The number of allylic oxidation sites excluding steroid dienone is 1. The second-order valence-corrected chi connectivity index (χ2v) is 8.84. The van der Waals surface area contributed by atoms with Gasteiger partial charge in [-0.1, -0.05) is 36.9 Å². The third kappa shape index (κ3) is 2.36. The van der Waals surface area contributed by atoms with E-state index in [1.807, 2.05) is 38.1 Å². The number of rotatable bonds is 1. The largest absolute Gasteiger partial charge is 0.595 e. The first-order chi connectivity index (χ1) is 12.8. The highest BCUT2D eigenvalue weighted by molar-refractivity contribution is 7.25. The normalized spacial score (nSPS) is 16.9. The Labute approximate surface area is 159 Å². The summed E-state index contributed by atoms with van der Waals surface area (Å²) in [4.78, 5) is 12.9. The highest BCUT2D eigenvalue weighted by Gasteiger charge is 2.34. The maximum absolute atomic E-state index is 12.9. The number of thiophene rings is 1. The minimum atomic E-state index is -0.346. The summed E-state index contributed by atoms with van der Waals surface area (Å²) in [5.74, 6) is 0.0368. The fraction of sp³-hybridized carbons (Fsp3) is 0.238. The second kappa shape index (κ2) is 5.33. The first-order valence-corrected chi connectivity index (χ1v) is 9.63. The van der Waals surface area contributed by atoms with Crippen molar-refractivity contribution in [3.05, 3.63) is 53.4 Å². The Morgan fingerprint density at radius 3 is 2.70 bits per heavy atom. The van der Waals surface area contributed by atoms with E-state index in [1.165, 1.54) is 10.1 Å². The molecule has 0 aliphatic carbocycles. The lowest BCUT2D eigenvalue weighted by molar-refractivity contribution is -0.691. The number of esters is 1. The summed E-state index contributed by atoms with van der Waals surface area (Å²) in [6.07, 6.45) is 2.19. The summed E-state index contributed by atoms with van der Waals surface area (Å²) in [5, 5.41) is 16.0. The van der Waals surface area contributed by atoms with E-state index in [1.54, 1.807) is 23.1 Å². The van der Waals surface area contributed by atoms with E-state index in [2.05, 4.69) is 18.2 Å². The van der Waals surface area contributed by atoms with E-state index < -0.39 is 0 Å². The van der Waals surface area contributed by atoms with Crippen LogP contribution in [0.2, 0.25) is 0 Å². The third-order valence-corrected chi connectivity index (χ3v) is 6.28. The lowest BCUT2D eigenvalue weighted by atomic mass is 9.86. The number of carbonyl (C=O) groups excluding carboxylic acids is 1. The van der Waals surface area contributed by atoms with E-state index in [9.17, 15) is 10.0 Å². The van der Waals surface area contributed by atoms with Crippen molar-refractivity contribution >= 4 is 54.1 Å². The zero-order valence-corrected chi connectivity index (χ0v) is 16.1. The van der Waals surface area contributed by atoms with Crippen LogP contribution in [-0.4, -0.2) is 10.7 Å². The molecule has 136 valence electrons. The van der Waals surface area contributed by atoms with E-state index >= 15 is 0 Å². The molecule has 0 atom stereocenters. The molecule has 6 heteroatoms. The lowest BCUT2D eigenvalue weighted by Gasteiger charge is -2.24. The summed E-state index contributed by atoms with van der Waals surface area (Å²) in [7, 11) is 1.73. The molecule has 0 saturated carbocycles. The molecule has 5 rings (SSSR count). The zero-order valence-electron chi connectivity index (χ0n) is 15.3. The summed E-state index contributed by atoms with van der Waals surface area (Å²) in [5.41, 5.74) is 0.867. The van der Waals surface area contributed by atoms with Crippen LogP contribution in [-0.2, 0) is 16.6 Å². The van der Waals surface area contributed by atoms with E-state index in [0.717, 1.165) is 25.8 Å². The van der Waals surface area contributed by atoms with Crippen molar-refractivity contribution in [1.29, 1.82) is 0 Å². The van der Waals surface area contributed by atoms with Gasteiger partial charge in [-0.05, 0) is 29.7 Å². The summed E-state index contributed by atoms with van der Waals surface area (Å²) >= 11 is 1.70. The van der Waals surface area contributed by atoms with E-state index in [-0.39, 0.29) is 11.4 Å². The molecule has 0 amide bonds. The lowest BCUT2D eigenvalue weighted by Crippen LogP contribution is -2.39. The SMILES string of the molecule is Cn1c2cc3c(cc2c(C2=CC(C)(C)CC(=O)O2)[n+]1[O-])sc1ccccc13. The Morgan fingerprint density at radius 2 is 1.93 bits per heavy atom. The van der Waals surface area contributed by atoms with Crippen molar-refractivity contribution in [2.75, 3.05) is 0 Å². The molecule has 1 aliphatic rings. The number of fused-ring (bicyclic) bond motifs is 4. The molecule has 2 aromatic heterocycles. The summed E-state index contributed by atoms with van der Waals surface area (Å²) < 4.78 is 9.36. The van der Waals surface area contributed by atoms with Gasteiger partial charge in [0.1, 0.15) is 5.52 Å². The summed E-state index contributed by atoms with van der Waals surface area (Å²) in [6, 6.07) is 12.4. The molecule has 0 unspecified atom stereocenters. The van der Waals surface area contributed by atoms with Gasteiger partial charge >= 0.3 is 5.97 Å². The van der Waals surface area contributed by atoms with Crippen LogP contribution in [0.3, 0.4) is 0 Å². The Balaban J connectivity index is 1.85. The number of cyclic esters (lactones) is 1. The van der Waals surface area contributed by atoms with Crippen molar-refractivity contribution in [1.82, 2.24) is 4.68 Å². The zero-order chi connectivity index (χ0) is 18.9. The van der Waals surface area contributed by atoms with Crippen molar-refractivity contribution in [3.63, 3.8) is 0 Å². The number of nitrogens with zero attached hydrogens (tertiary/aromatic N) is 2. The van der Waals surface area contributed by atoms with Crippen LogP contribution in [0.1, 0.15) is 26.0 Å². The predicted octanol–water partition coefficient (Wildman–Crippen LogP) is 4.49. The van der Waals surface area contributed by atoms with Crippen molar-refractivity contribution in [3.8, 4) is 0 Å². The van der Waals surface area contributed by atoms with Crippen LogP contribution >= 0.6 is 11.3 Å². The Kier molecular flexibility index (Phi) is 3.22. The smallest absolute Gasteiger partial charge is 0.312 e. The molecule has 2 aromatic carbocycles. The molecular weight excluding hydrogens is 360 g/mol. The van der Waals surface area contributed by atoms with Crippen LogP contribution < -0.4 is 4.85 Å². The van der Waals surface area contributed by atoms with Gasteiger partial charge < -0.3 is 9.94 Å². The molecule has 0 spiro atoms. The molecule has 0 fully saturated rings.